The van der Waals surface area contributed by atoms with Crippen LogP contribution in [-0.4, -0.2) is 58.6 Å². The first-order valence-corrected chi connectivity index (χ1v) is 11.3. The summed E-state index contributed by atoms with van der Waals surface area (Å²) >= 11 is 0. The Kier molecular flexibility index (Phi) is 7.38. The topological polar surface area (TPSA) is 89.5 Å². The van der Waals surface area contributed by atoms with Crippen LogP contribution in [0.25, 0.3) is 11.4 Å². The molecule has 8 nitrogen and oxygen atoms in total. The number of carbonyl (C=O) groups excluding carboxylic acids is 1. The molecule has 1 aliphatic rings. The van der Waals surface area contributed by atoms with Crippen LogP contribution in [0.3, 0.4) is 0 Å². The van der Waals surface area contributed by atoms with E-state index in [9.17, 15) is 13.6 Å². The lowest BCUT2D eigenvalue weighted by molar-refractivity contribution is -0.131. The van der Waals surface area contributed by atoms with Crippen molar-refractivity contribution in [2.75, 3.05) is 25.5 Å². The molecule has 0 saturated carbocycles. The number of hydrogen-bond acceptors (Lipinski definition) is 7. The van der Waals surface area contributed by atoms with E-state index in [2.05, 4.69) is 25.0 Å². The first-order chi connectivity index (χ1) is 16.8. The fourth-order valence-electron chi connectivity index (χ4n) is 4.15. The van der Waals surface area contributed by atoms with Crippen LogP contribution in [0.1, 0.15) is 30.5 Å². The van der Waals surface area contributed by atoms with Gasteiger partial charge in [-0.3, -0.25) is 4.79 Å². The van der Waals surface area contributed by atoms with Gasteiger partial charge in [-0.1, -0.05) is 0 Å². The van der Waals surface area contributed by atoms with E-state index in [4.69, 9.17) is 4.74 Å². The van der Waals surface area contributed by atoms with Gasteiger partial charge in [0.15, 0.2) is 5.82 Å². The third-order valence-corrected chi connectivity index (χ3v) is 5.98. The molecular formula is C25H27F2N5O3. The number of alkyl halides is 2. The molecule has 1 amide bonds. The molecule has 1 aromatic carbocycles. The monoisotopic (exact) mass is 483 g/mol. The molecule has 1 saturated heterocycles. The number of amides is 1. The number of likely N-dealkylation sites (tertiary alicyclic amines) is 1. The van der Waals surface area contributed by atoms with E-state index in [0.717, 1.165) is 23.5 Å². The summed E-state index contributed by atoms with van der Waals surface area (Å²) in [5.41, 5.74) is 2.22. The zero-order valence-electron chi connectivity index (χ0n) is 19.7. The second kappa shape index (κ2) is 10.6. The molecule has 1 N–H and O–H groups in total. The highest BCUT2D eigenvalue weighted by molar-refractivity contribution is 5.84. The van der Waals surface area contributed by atoms with Gasteiger partial charge in [0.25, 0.3) is 0 Å². The molecule has 0 aliphatic carbocycles. The lowest BCUT2D eigenvalue weighted by atomic mass is 9.99. The summed E-state index contributed by atoms with van der Waals surface area (Å²) in [5.74, 6) is 1.01. The second-order valence-electron chi connectivity index (χ2n) is 8.36. The predicted octanol–water partition coefficient (Wildman–Crippen LogP) is 4.27. The van der Waals surface area contributed by atoms with Crippen LogP contribution in [0.5, 0.6) is 11.5 Å². The van der Waals surface area contributed by atoms with Crippen molar-refractivity contribution >= 4 is 11.7 Å². The normalized spacial score (nSPS) is 16.3. The van der Waals surface area contributed by atoms with Crippen LogP contribution in [0, 0.1) is 6.92 Å². The minimum atomic E-state index is -2.96. The molecule has 35 heavy (non-hydrogen) atoms. The van der Waals surface area contributed by atoms with Gasteiger partial charge in [0.2, 0.25) is 5.91 Å². The molecular weight excluding hydrogens is 456 g/mol. The summed E-state index contributed by atoms with van der Waals surface area (Å²) < 4.78 is 35.1. The number of rotatable bonds is 8. The summed E-state index contributed by atoms with van der Waals surface area (Å²) in [7, 11) is 1.43. The lowest BCUT2D eigenvalue weighted by Crippen LogP contribution is -2.34. The van der Waals surface area contributed by atoms with Crippen LogP contribution >= 0.6 is 0 Å². The Morgan fingerprint density at radius 3 is 2.60 bits per heavy atom. The van der Waals surface area contributed by atoms with Crippen LogP contribution in [0.2, 0.25) is 0 Å². The lowest BCUT2D eigenvalue weighted by Gasteiger charge is -2.22. The number of hydrogen-bond donors (Lipinski definition) is 1. The Balaban J connectivity index is 1.40. The highest BCUT2D eigenvalue weighted by atomic mass is 19.3. The molecule has 0 bridgehead atoms. The SMILES string of the molecule is COc1cc(OC(F)F)cc([C@@H](C)C(=O)N2CC[C@H](Nc3ccc(-c4ncccn4)c(C)n3)C2)c1. The molecule has 3 aromatic rings. The summed E-state index contributed by atoms with van der Waals surface area (Å²) in [4.78, 5) is 28.1. The van der Waals surface area contributed by atoms with E-state index >= 15 is 0 Å². The highest BCUT2D eigenvalue weighted by Gasteiger charge is 2.30. The van der Waals surface area contributed by atoms with E-state index in [0.29, 0.717) is 30.2 Å². The fourth-order valence-corrected chi connectivity index (χ4v) is 4.15. The van der Waals surface area contributed by atoms with E-state index in [1.54, 1.807) is 36.4 Å². The van der Waals surface area contributed by atoms with Crippen molar-refractivity contribution in [3.63, 3.8) is 0 Å². The van der Waals surface area contributed by atoms with Crippen molar-refractivity contribution in [1.29, 1.82) is 0 Å². The van der Waals surface area contributed by atoms with E-state index < -0.39 is 12.5 Å². The Labute approximate surface area is 202 Å². The Morgan fingerprint density at radius 1 is 1.17 bits per heavy atom. The van der Waals surface area contributed by atoms with E-state index in [1.165, 1.54) is 19.2 Å². The quantitative estimate of drug-likeness (QED) is 0.512. The number of aryl methyl sites for hydroxylation is 1. The molecule has 1 fully saturated rings. The minimum Gasteiger partial charge on any atom is -0.497 e. The van der Waals surface area contributed by atoms with Crippen molar-refractivity contribution in [2.24, 2.45) is 0 Å². The van der Waals surface area contributed by atoms with Gasteiger partial charge in [0.1, 0.15) is 17.3 Å². The molecule has 10 heteroatoms. The third-order valence-electron chi connectivity index (χ3n) is 5.98. The van der Waals surface area contributed by atoms with Gasteiger partial charge in [-0.05, 0) is 56.2 Å². The summed E-state index contributed by atoms with van der Waals surface area (Å²) in [5, 5.41) is 3.40. The average molecular weight is 484 g/mol. The second-order valence-corrected chi connectivity index (χ2v) is 8.36. The van der Waals surface area contributed by atoms with Crippen molar-refractivity contribution in [1.82, 2.24) is 19.9 Å². The van der Waals surface area contributed by atoms with Gasteiger partial charge in [-0.15, -0.1) is 0 Å². The molecule has 0 unspecified atom stereocenters. The van der Waals surface area contributed by atoms with Gasteiger partial charge < -0.3 is 19.7 Å². The maximum atomic E-state index is 13.2. The van der Waals surface area contributed by atoms with Crippen molar-refractivity contribution in [2.45, 2.75) is 38.8 Å². The number of methoxy groups -OCH3 is 1. The number of ether oxygens (including phenoxy) is 2. The summed E-state index contributed by atoms with van der Waals surface area (Å²) in [6.07, 6.45) is 4.15. The highest BCUT2D eigenvalue weighted by Crippen LogP contribution is 2.30. The summed E-state index contributed by atoms with van der Waals surface area (Å²) in [6.45, 7) is 1.79. The van der Waals surface area contributed by atoms with Gasteiger partial charge >= 0.3 is 6.61 Å². The molecule has 0 radical (unpaired) electrons. The van der Waals surface area contributed by atoms with Crippen LogP contribution in [-0.2, 0) is 4.79 Å². The maximum Gasteiger partial charge on any atom is 0.387 e. The third kappa shape index (κ3) is 5.82. The Bertz CT molecular complexity index is 1180. The maximum absolute atomic E-state index is 13.2. The first-order valence-electron chi connectivity index (χ1n) is 11.3. The Hall–Kier alpha value is -3.82. The number of carbonyl (C=O) groups is 1. The van der Waals surface area contributed by atoms with Crippen LogP contribution < -0.4 is 14.8 Å². The van der Waals surface area contributed by atoms with Crippen molar-refractivity contribution < 1.29 is 23.0 Å². The standard InChI is InChI=1S/C25H27F2N5O3/c1-15(17-11-19(34-3)13-20(12-17)35-25(26)27)24(33)32-10-7-18(14-32)31-22-6-5-21(16(2)30-22)23-28-8-4-9-29-23/h4-6,8-9,11-13,15,18,25H,7,10,14H2,1-3H3,(H,30,31)/t15-,18+/m1/s1. The first kappa shape index (κ1) is 24.3. The number of pyridine rings is 1. The van der Waals surface area contributed by atoms with Crippen molar-refractivity contribution in [3.8, 4) is 22.9 Å². The number of anilines is 1. The number of benzene rings is 1. The largest absolute Gasteiger partial charge is 0.497 e. The van der Waals surface area contributed by atoms with Crippen LogP contribution in [0.15, 0.2) is 48.8 Å². The van der Waals surface area contributed by atoms with Crippen LogP contribution in [0.4, 0.5) is 14.6 Å². The molecule has 2 aromatic heterocycles. The zero-order chi connectivity index (χ0) is 24.9. The minimum absolute atomic E-state index is 0.0410. The van der Waals surface area contributed by atoms with Gasteiger partial charge in [-0.25, -0.2) is 15.0 Å². The number of aromatic nitrogens is 3. The molecule has 184 valence electrons. The average Bonchev–Trinajstić information content (AvgIpc) is 3.31. The van der Waals surface area contributed by atoms with Gasteiger partial charge in [0, 0.05) is 43.2 Å². The van der Waals surface area contributed by atoms with E-state index in [1.807, 2.05) is 19.1 Å². The number of halogens is 2. The van der Waals surface area contributed by atoms with Gasteiger partial charge in [-0.2, -0.15) is 8.78 Å². The Morgan fingerprint density at radius 2 is 1.91 bits per heavy atom. The number of nitrogens with one attached hydrogen (secondary N) is 1. The molecule has 0 spiro atoms. The summed E-state index contributed by atoms with van der Waals surface area (Å²) in [6, 6.07) is 10.1. The smallest absolute Gasteiger partial charge is 0.387 e. The fraction of sp³-hybridized carbons (Fsp3) is 0.360. The van der Waals surface area contributed by atoms with E-state index in [-0.39, 0.29) is 17.7 Å². The zero-order valence-corrected chi connectivity index (χ0v) is 19.7. The molecule has 1 aliphatic heterocycles. The number of nitrogens with zero attached hydrogens (tertiary/aromatic N) is 4. The predicted molar refractivity (Wildman–Crippen MR) is 127 cm³/mol. The molecule has 2 atom stereocenters. The van der Waals surface area contributed by atoms with Crippen molar-refractivity contribution in [3.05, 3.63) is 60.0 Å². The molecule has 4 rings (SSSR count). The van der Waals surface area contributed by atoms with Gasteiger partial charge in [0.05, 0.1) is 18.7 Å². The molecule has 3 heterocycles.